The molecule has 2 nitrogen and oxygen atoms in total. The minimum Gasteiger partial charge on any atom is -0.461 e. The van der Waals surface area contributed by atoms with Crippen molar-refractivity contribution in [3.63, 3.8) is 0 Å². The van der Waals surface area contributed by atoms with Crippen LogP contribution in [0.5, 0.6) is 0 Å². The molecule has 0 aliphatic heterocycles. The number of carbonyl (C=O) groups is 1. The van der Waals surface area contributed by atoms with Crippen LogP contribution in [0, 0.1) is 5.92 Å². The normalized spacial score (nSPS) is 14.2. The van der Waals surface area contributed by atoms with Crippen molar-refractivity contribution in [2.24, 2.45) is 5.92 Å². The van der Waals surface area contributed by atoms with Crippen LogP contribution in [0.2, 0.25) is 0 Å². The maximum absolute atomic E-state index is 11.7. The summed E-state index contributed by atoms with van der Waals surface area (Å²) in [5, 5.41) is 0. The van der Waals surface area contributed by atoms with Crippen molar-refractivity contribution in [3.8, 4) is 0 Å². The predicted molar refractivity (Wildman–Crippen MR) is 104 cm³/mol. The number of carbonyl (C=O) groups excluding carboxylic acids is 1. The van der Waals surface area contributed by atoms with Gasteiger partial charge in [0.05, 0.1) is 0 Å². The molecule has 0 heterocycles. The summed E-state index contributed by atoms with van der Waals surface area (Å²) in [5.41, 5.74) is 1.10. The summed E-state index contributed by atoms with van der Waals surface area (Å²) < 4.78 is 6.29. The first-order chi connectivity index (χ1) is 11.7. The lowest BCUT2D eigenvalue weighted by molar-refractivity contribution is -0.142. The first-order valence-electron chi connectivity index (χ1n) is 9.32. The third-order valence-electron chi connectivity index (χ3n) is 4.44. The standard InChI is InChI=1S/C21H29BrO2/c22-20-12-7-10-19(17-20)11-8-16-24-21(23)13-6-4-2-1-3-5-9-18-14-15-18/h7-8,10-12,17-18H,1-6,9,13-16H2/b11-8+. The lowest BCUT2D eigenvalue weighted by Gasteiger charge is -2.03. The number of unbranched alkanes of at least 4 members (excludes halogenated alkanes) is 5. The average Bonchev–Trinajstić information content (AvgIpc) is 3.38. The number of esters is 1. The highest BCUT2D eigenvalue weighted by Gasteiger charge is 2.19. The minimum atomic E-state index is -0.0809. The van der Waals surface area contributed by atoms with Crippen molar-refractivity contribution in [1.29, 1.82) is 0 Å². The Balaban J connectivity index is 1.41. The molecule has 0 atom stereocenters. The highest BCUT2D eigenvalue weighted by molar-refractivity contribution is 9.10. The van der Waals surface area contributed by atoms with Crippen molar-refractivity contribution in [3.05, 3.63) is 40.4 Å². The summed E-state index contributed by atoms with van der Waals surface area (Å²) in [6.07, 6.45) is 16.2. The Morgan fingerprint density at radius 2 is 1.88 bits per heavy atom. The van der Waals surface area contributed by atoms with Crippen LogP contribution in [0.15, 0.2) is 34.8 Å². The van der Waals surface area contributed by atoms with Crippen molar-refractivity contribution in [1.82, 2.24) is 0 Å². The Morgan fingerprint density at radius 1 is 1.12 bits per heavy atom. The monoisotopic (exact) mass is 392 g/mol. The Kier molecular flexibility index (Phi) is 9.19. The summed E-state index contributed by atoms with van der Waals surface area (Å²) in [4.78, 5) is 11.7. The third kappa shape index (κ3) is 9.27. The maximum atomic E-state index is 11.7. The fourth-order valence-electron chi connectivity index (χ4n) is 2.82. The first-order valence-corrected chi connectivity index (χ1v) is 10.1. The van der Waals surface area contributed by atoms with E-state index in [1.54, 1.807) is 0 Å². The Labute approximate surface area is 154 Å². The topological polar surface area (TPSA) is 26.3 Å². The van der Waals surface area contributed by atoms with Gasteiger partial charge < -0.3 is 4.74 Å². The number of hydrogen-bond donors (Lipinski definition) is 0. The molecule has 1 aromatic rings. The molecule has 132 valence electrons. The molecule has 3 heteroatoms. The van der Waals surface area contributed by atoms with Crippen LogP contribution in [-0.4, -0.2) is 12.6 Å². The predicted octanol–water partition coefficient (Wildman–Crippen LogP) is 6.54. The van der Waals surface area contributed by atoms with E-state index in [-0.39, 0.29) is 5.97 Å². The molecule has 0 unspecified atom stereocenters. The molecule has 0 saturated heterocycles. The average molecular weight is 393 g/mol. The highest BCUT2D eigenvalue weighted by atomic mass is 79.9. The van der Waals surface area contributed by atoms with E-state index in [1.165, 1.54) is 44.9 Å². The van der Waals surface area contributed by atoms with Gasteiger partial charge in [0, 0.05) is 10.9 Å². The fraction of sp³-hybridized carbons (Fsp3) is 0.571. The van der Waals surface area contributed by atoms with Crippen LogP contribution in [0.4, 0.5) is 0 Å². The van der Waals surface area contributed by atoms with Gasteiger partial charge in [-0.3, -0.25) is 4.79 Å². The van der Waals surface area contributed by atoms with Gasteiger partial charge in [0.2, 0.25) is 0 Å². The second kappa shape index (κ2) is 11.5. The van der Waals surface area contributed by atoms with Crippen LogP contribution in [-0.2, 0) is 9.53 Å². The quantitative estimate of drug-likeness (QED) is 0.298. The summed E-state index contributed by atoms with van der Waals surface area (Å²) in [7, 11) is 0. The van der Waals surface area contributed by atoms with Gasteiger partial charge in [0.1, 0.15) is 6.61 Å². The van der Waals surface area contributed by atoms with E-state index in [1.807, 2.05) is 36.4 Å². The largest absolute Gasteiger partial charge is 0.461 e. The molecule has 2 rings (SSSR count). The maximum Gasteiger partial charge on any atom is 0.306 e. The van der Waals surface area contributed by atoms with E-state index in [4.69, 9.17) is 4.74 Å². The number of benzene rings is 1. The molecule has 0 bridgehead atoms. The van der Waals surface area contributed by atoms with Crippen LogP contribution in [0.25, 0.3) is 6.08 Å². The van der Waals surface area contributed by atoms with Gasteiger partial charge in [-0.25, -0.2) is 0 Å². The lowest BCUT2D eigenvalue weighted by atomic mass is 10.1. The zero-order valence-electron chi connectivity index (χ0n) is 14.5. The SMILES string of the molecule is O=C(CCCCCCCCC1CC1)OC/C=C/c1cccc(Br)c1. The van der Waals surface area contributed by atoms with E-state index in [9.17, 15) is 4.79 Å². The summed E-state index contributed by atoms with van der Waals surface area (Å²) in [6.45, 7) is 0.354. The zero-order valence-corrected chi connectivity index (χ0v) is 16.1. The van der Waals surface area contributed by atoms with Gasteiger partial charge in [-0.15, -0.1) is 0 Å². The lowest BCUT2D eigenvalue weighted by Crippen LogP contribution is -2.03. The molecule has 1 aromatic carbocycles. The second-order valence-electron chi connectivity index (χ2n) is 6.74. The van der Waals surface area contributed by atoms with Crippen molar-refractivity contribution >= 4 is 28.0 Å². The Morgan fingerprint density at radius 3 is 2.62 bits per heavy atom. The minimum absolute atomic E-state index is 0.0809. The summed E-state index contributed by atoms with van der Waals surface area (Å²) >= 11 is 3.44. The Hall–Kier alpha value is -1.09. The van der Waals surface area contributed by atoms with Crippen LogP contribution >= 0.6 is 15.9 Å². The third-order valence-corrected chi connectivity index (χ3v) is 4.93. The summed E-state index contributed by atoms with van der Waals surface area (Å²) in [5.74, 6) is 0.986. The Bertz CT molecular complexity index is 520. The molecular formula is C21H29BrO2. The molecule has 1 fully saturated rings. The highest BCUT2D eigenvalue weighted by Crippen LogP contribution is 2.34. The molecule has 1 aliphatic rings. The smallest absolute Gasteiger partial charge is 0.306 e. The second-order valence-corrected chi connectivity index (χ2v) is 7.66. The van der Waals surface area contributed by atoms with E-state index in [0.29, 0.717) is 13.0 Å². The number of hydrogen-bond acceptors (Lipinski definition) is 2. The van der Waals surface area contributed by atoms with Crippen LogP contribution in [0.3, 0.4) is 0 Å². The van der Waals surface area contributed by atoms with Crippen molar-refractivity contribution in [2.45, 2.75) is 64.2 Å². The molecule has 0 N–H and O–H groups in total. The molecular weight excluding hydrogens is 364 g/mol. The molecule has 1 saturated carbocycles. The van der Waals surface area contributed by atoms with Gasteiger partial charge in [-0.1, -0.05) is 85.5 Å². The van der Waals surface area contributed by atoms with Crippen molar-refractivity contribution < 1.29 is 9.53 Å². The molecule has 24 heavy (non-hydrogen) atoms. The number of rotatable bonds is 12. The number of halogens is 1. The van der Waals surface area contributed by atoms with Gasteiger partial charge >= 0.3 is 5.97 Å². The van der Waals surface area contributed by atoms with E-state index in [0.717, 1.165) is 28.8 Å². The molecule has 0 aromatic heterocycles. The van der Waals surface area contributed by atoms with Crippen LogP contribution in [0.1, 0.15) is 69.8 Å². The zero-order chi connectivity index (χ0) is 17.0. The fourth-order valence-corrected chi connectivity index (χ4v) is 3.24. The molecule has 0 radical (unpaired) electrons. The van der Waals surface area contributed by atoms with Gasteiger partial charge in [0.15, 0.2) is 0 Å². The van der Waals surface area contributed by atoms with Gasteiger partial charge in [-0.2, -0.15) is 0 Å². The molecule has 0 amide bonds. The molecule has 0 spiro atoms. The van der Waals surface area contributed by atoms with E-state index < -0.39 is 0 Å². The van der Waals surface area contributed by atoms with E-state index >= 15 is 0 Å². The van der Waals surface area contributed by atoms with Crippen LogP contribution < -0.4 is 0 Å². The first kappa shape index (κ1) is 19.2. The van der Waals surface area contributed by atoms with Gasteiger partial charge in [-0.05, 0) is 36.1 Å². The van der Waals surface area contributed by atoms with Crippen molar-refractivity contribution in [2.75, 3.05) is 6.61 Å². The van der Waals surface area contributed by atoms with E-state index in [2.05, 4.69) is 15.9 Å². The molecule has 1 aliphatic carbocycles. The summed E-state index contributed by atoms with van der Waals surface area (Å²) in [6, 6.07) is 8.03. The van der Waals surface area contributed by atoms with Gasteiger partial charge in [0.25, 0.3) is 0 Å². The number of ether oxygens (including phenoxy) is 1.